The van der Waals surface area contributed by atoms with E-state index in [0.717, 1.165) is 18.0 Å². The van der Waals surface area contributed by atoms with E-state index in [-0.39, 0.29) is 0 Å². The Morgan fingerprint density at radius 1 is 1.11 bits per heavy atom. The van der Waals surface area contributed by atoms with Crippen molar-refractivity contribution in [2.75, 3.05) is 14.1 Å². The van der Waals surface area contributed by atoms with Crippen molar-refractivity contribution in [3.05, 3.63) is 59.8 Å². The molecule has 156 valence electrons. The maximum absolute atomic E-state index is 3.68. The van der Waals surface area contributed by atoms with Gasteiger partial charge in [0.15, 0.2) is 0 Å². The van der Waals surface area contributed by atoms with Crippen LogP contribution < -0.4 is 0 Å². The fraction of sp³-hybridized carbons (Fsp3) is 0.615. The summed E-state index contributed by atoms with van der Waals surface area (Å²) in [5.74, 6) is 1.06. The Balaban J connectivity index is 0. The van der Waals surface area contributed by atoms with Crippen molar-refractivity contribution in [2.45, 2.75) is 81.1 Å². The summed E-state index contributed by atoms with van der Waals surface area (Å²) in [7, 11) is 3.95. The van der Waals surface area contributed by atoms with Crippen LogP contribution in [0.2, 0.25) is 0 Å². The van der Waals surface area contributed by atoms with Crippen LogP contribution in [0.4, 0.5) is 0 Å². The molecule has 1 nitrogen and oxygen atoms in total. The summed E-state index contributed by atoms with van der Waals surface area (Å²) >= 11 is 0. The SMILES string of the molecule is C=C(C)N(C)C.C=CCC(C)(C)C.CC1CCC1.Cc1ccc(C)c(C)c1. The first kappa shape index (κ1) is 27.7. The quantitative estimate of drug-likeness (QED) is 0.473. The standard InChI is InChI=1S/C9H12.C7H14.C5H11N.C5H10/c1-7-4-5-8(2)9(3)6-7;1-5-6-7(2,3)4;1-5(2)6(3)4;1-5-3-2-4-5/h4-6H,1-3H3;5H,1,6H2,2-4H3;1H2,2-4H3;5H,2-4H2,1H3. The van der Waals surface area contributed by atoms with Gasteiger partial charge in [-0.2, -0.15) is 0 Å². The van der Waals surface area contributed by atoms with Crippen LogP contribution in [-0.4, -0.2) is 19.0 Å². The van der Waals surface area contributed by atoms with Crippen molar-refractivity contribution in [3.63, 3.8) is 0 Å². The zero-order chi connectivity index (χ0) is 21.6. The number of aryl methyl sites for hydroxylation is 3. The second-order valence-electron chi connectivity index (χ2n) is 9.31. The minimum absolute atomic E-state index is 0.432. The average Bonchev–Trinajstić information content (AvgIpc) is 2.50. The molecule has 0 N–H and O–H groups in total. The zero-order valence-electron chi connectivity index (χ0n) is 20.1. The second-order valence-corrected chi connectivity index (χ2v) is 9.31. The predicted molar refractivity (Wildman–Crippen MR) is 126 cm³/mol. The van der Waals surface area contributed by atoms with Crippen LogP contribution in [0.1, 0.15) is 77.0 Å². The van der Waals surface area contributed by atoms with E-state index in [4.69, 9.17) is 0 Å². The lowest BCUT2D eigenvalue weighted by atomic mass is 9.88. The predicted octanol–water partition coefficient (Wildman–Crippen LogP) is 8.11. The van der Waals surface area contributed by atoms with Gasteiger partial charge < -0.3 is 4.90 Å². The van der Waals surface area contributed by atoms with Crippen molar-refractivity contribution < 1.29 is 0 Å². The van der Waals surface area contributed by atoms with Crippen LogP contribution in [0, 0.1) is 32.1 Å². The van der Waals surface area contributed by atoms with Gasteiger partial charge in [-0.05, 0) is 56.6 Å². The molecule has 1 aromatic carbocycles. The third kappa shape index (κ3) is 19.1. The van der Waals surface area contributed by atoms with Crippen molar-refractivity contribution >= 4 is 0 Å². The Bertz CT molecular complexity index is 528. The highest BCUT2D eigenvalue weighted by atomic mass is 15.1. The summed E-state index contributed by atoms with van der Waals surface area (Å²) in [5, 5.41) is 0. The van der Waals surface area contributed by atoms with Crippen molar-refractivity contribution in [1.29, 1.82) is 0 Å². The number of benzene rings is 1. The third-order valence-electron chi connectivity index (χ3n) is 4.58. The van der Waals surface area contributed by atoms with Gasteiger partial charge in [-0.25, -0.2) is 0 Å². The third-order valence-corrected chi connectivity index (χ3v) is 4.58. The van der Waals surface area contributed by atoms with Gasteiger partial charge in [0, 0.05) is 19.8 Å². The lowest BCUT2D eigenvalue weighted by Gasteiger charge is -2.18. The summed E-state index contributed by atoms with van der Waals surface area (Å²) in [6, 6.07) is 6.50. The van der Waals surface area contributed by atoms with Crippen molar-refractivity contribution in [2.24, 2.45) is 11.3 Å². The van der Waals surface area contributed by atoms with E-state index in [0.29, 0.717) is 5.41 Å². The van der Waals surface area contributed by atoms with Gasteiger partial charge in [-0.1, -0.05) is 83.4 Å². The lowest BCUT2D eigenvalue weighted by molar-refractivity contribution is 0.346. The molecule has 1 aliphatic carbocycles. The van der Waals surface area contributed by atoms with Crippen LogP contribution in [0.5, 0.6) is 0 Å². The van der Waals surface area contributed by atoms with Crippen LogP contribution in [-0.2, 0) is 0 Å². The molecule has 1 fully saturated rings. The Morgan fingerprint density at radius 2 is 1.56 bits per heavy atom. The number of nitrogens with zero attached hydrogens (tertiary/aromatic N) is 1. The molecular weight excluding hydrogens is 326 g/mol. The smallest absolute Gasteiger partial charge is 0.00578 e. The van der Waals surface area contributed by atoms with Gasteiger partial charge in [0.25, 0.3) is 0 Å². The van der Waals surface area contributed by atoms with E-state index in [2.05, 4.69) is 79.8 Å². The molecule has 0 heterocycles. The minimum Gasteiger partial charge on any atom is -0.382 e. The van der Waals surface area contributed by atoms with E-state index >= 15 is 0 Å². The summed E-state index contributed by atoms with van der Waals surface area (Å²) < 4.78 is 0. The van der Waals surface area contributed by atoms with E-state index in [9.17, 15) is 0 Å². The Labute approximate surface area is 171 Å². The topological polar surface area (TPSA) is 3.24 Å². The van der Waals surface area contributed by atoms with Gasteiger partial charge in [-0.15, -0.1) is 6.58 Å². The molecule has 0 unspecified atom stereocenters. The van der Waals surface area contributed by atoms with Crippen molar-refractivity contribution in [3.8, 4) is 0 Å². The maximum Gasteiger partial charge on any atom is 0.00578 e. The highest BCUT2D eigenvalue weighted by molar-refractivity contribution is 5.28. The Morgan fingerprint density at radius 3 is 1.70 bits per heavy atom. The molecule has 0 amide bonds. The largest absolute Gasteiger partial charge is 0.382 e. The highest BCUT2D eigenvalue weighted by Crippen LogP contribution is 2.24. The zero-order valence-corrected chi connectivity index (χ0v) is 20.1. The molecule has 1 aromatic rings. The fourth-order valence-corrected chi connectivity index (χ4v) is 1.94. The van der Waals surface area contributed by atoms with Crippen LogP contribution in [0.15, 0.2) is 43.1 Å². The molecule has 1 saturated carbocycles. The first-order valence-corrected chi connectivity index (χ1v) is 10.3. The lowest BCUT2D eigenvalue weighted by Crippen LogP contribution is -2.05. The summed E-state index contributed by atoms with van der Waals surface area (Å²) in [6.07, 6.45) is 7.52. The molecule has 0 saturated heterocycles. The van der Waals surface area contributed by atoms with Gasteiger partial charge in [-0.3, -0.25) is 0 Å². The van der Waals surface area contributed by atoms with Crippen LogP contribution >= 0.6 is 0 Å². The molecule has 1 heteroatoms. The Kier molecular flexibility index (Phi) is 14.9. The van der Waals surface area contributed by atoms with Gasteiger partial charge >= 0.3 is 0 Å². The molecule has 2 rings (SSSR count). The van der Waals surface area contributed by atoms with E-state index in [1.807, 2.05) is 32.0 Å². The first-order valence-electron chi connectivity index (χ1n) is 10.3. The summed E-state index contributed by atoms with van der Waals surface area (Å²) in [5.41, 5.74) is 5.63. The molecule has 0 bridgehead atoms. The summed E-state index contributed by atoms with van der Waals surface area (Å²) in [4.78, 5) is 1.97. The molecule has 1 aliphatic rings. The monoisotopic (exact) mass is 373 g/mol. The molecular formula is C26H47N. The molecule has 0 aliphatic heterocycles. The van der Waals surface area contributed by atoms with E-state index in [1.54, 1.807) is 0 Å². The molecule has 0 radical (unpaired) electrons. The molecule has 27 heavy (non-hydrogen) atoms. The minimum atomic E-state index is 0.432. The van der Waals surface area contributed by atoms with E-state index < -0.39 is 0 Å². The molecule has 0 atom stereocenters. The number of allylic oxidation sites excluding steroid dienone is 2. The van der Waals surface area contributed by atoms with Crippen molar-refractivity contribution in [1.82, 2.24) is 4.90 Å². The first-order chi connectivity index (χ1) is 12.3. The normalized spacial score (nSPS) is 12.7. The summed E-state index contributed by atoms with van der Waals surface area (Å²) in [6.45, 7) is 24.6. The number of hydrogen-bond acceptors (Lipinski definition) is 1. The van der Waals surface area contributed by atoms with Crippen LogP contribution in [0.25, 0.3) is 0 Å². The number of hydrogen-bond donors (Lipinski definition) is 0. The van der Waals surface area contributed by atoms with Crippen LogP contribution in [0.3, 0.4) is 0 Å². The van der Waals surface area contributed by atoms with Gasteiger partial charge in [0.2, 0.25) is 0 Å². The van der Waals surface area contributed by atoms with Gasteiger partial charge in [0.1, 0.15) is 0 Å². The fourth-order valence-electron chi connectivity index (χ4n) is 1.94. The molecule has 0 spiro atoms. The van der Waals surface area contributed by atoms with E-state index in [1.165, 1.54) is 36.0 Å². The second kappa shape index (κ2) is 14.5. The highest BCUT2D eigenvalue weighted by Gasteiger charge is 2.09. The Hall–Kier alpha value is -1.50. The average molecular weight is 374 g/mol. The maximum atomic E-state index is 3.68. The molecule has 0 aromatic heterocycles. The van der Waals surface area contributed by atoms with Gasteiger partial charge in [0.05, 0.1) is 0 Å². The number of rotatable bonds is 2.